The quantitative estimate of drug-likeness (QED) is 0.395. The molecule has 0 saturated carbocycles. The number of cyclic esters (lactones) is 1. The number of aromatic nitrogens is 4. The summed E-state index contributed by atoms with van der Waals surface area (Å²) in [6, 6.07) is 0. The number of nitrogens with zero attached hydrogens (tertiary/aromatic N) is 4. The van der Waals surface area contributed by atoms with E-state index in [1.807, 2.05) is 0 Å². The van der Waals surface area contributed by atoms with Crippen LogP contribution >= 0.6 is 0 Å². The van der Waals surface area contributed by atoms with Crippen molar-refractivity contribution in [2.45, 2.75) is 24.5 Å². The Hall–Kier alpha value is -2.54. The molecule has 1 amide bonds. The zero-order valence-corrected chi connectivity index (χ0v) is 13.0. The number of aliphatic hydroxyl groups excluding tert-OH is 3. The summed E-state index contributed by atoms with van der Waals surface area (Å²) in [5, 5.41) is 31.2. The van der Waals surface area contributed by atoms with E-state index < -0.39 is 31.1 Å². The number of nitrogens with one attached hydrogen (secondary N) is 1. The van der Waals surface area contributed by atoms with Gasteiger partial charge in [0.05, 0.1) is 19.5 Å². The second-order valence-electron chi connectivity index (χ2n) is 5.37. The van der Waals surface area contributed by atoms with Crippen LogP contribution in [0.5, 0.6) is 0 Å². The lowest BCUT2D eigenvalue weighted by atomic mass is 10.1. The van der Waals surface area contributed by atoms with Crippen LogP contribution in [0.25, 0.3) is 11.2 Å². The molecule has 0 spiro atoms. The summed E-state index contributed by atoms with van der Waals surface area (Å²) >= 11 is 0. The SMILES string of the molecule is Nc1ncnc2c1ncn2[C@@H]1O[C@H](CO)[C@@H](O)[C@H]1O.O=C1NCCO1. The van der Waals surface area contributed by atoms with Crippen molar-refractivity contribution in [1.82, 2.24) is 24.8 Å². The van der Waals surface area contributed by atoms with Gasteiger partial charge in [-0.25, -0.2) is 19.7 Å². The van der Waals surface area contributed by atoms with E-state index in [1.165, 1.54) is 17.2 Å². The van der Waals surface area contributed by atoms with Crippen LogP contribution in [-0.4, -0.2) is 79.0 Å². The molecule has 6 N–H and O–H groups in total. The summed E-state index contributed by atoms with van der Waals surface area (Å²) in [7, 11) is 0. The van der Waals surface area contributed by atoms with Crippen molar-refractivity contribution < 1.29 is 29.6 Å². The number of nitrogens with two attached hydrogens (primary N) is 1. The monoisotopic (exact) mass is 354 g/mol. The molecule has 0 radical (unpaired) electrons. The number of amides is 1. The van der Waals surface area contributed by atoms with Crippen LogP contribution in [0, 0.1) is 0 Å². The van der Waals surface area contributed by atoms with Gasteiger partial charge in [0.25, 0.3) is 0 Å². The zero-order valence-electron chi connectivity index (χ0n) is 13.0. The first-order valence-corrected chi connectivity index (χ1v) is 7.49. The number of imidazole rings is 1. The van der Waals surface area contributed by atoms with Crippen molar-refractivity contribution in [2.24, 2.45) is 0 Å². The molecule has 2 aromatic rings. The Morgan fingerprint density at radius 3 is 2.68 bits per heavy atom. The minimum absolute atomic E-state index is 0.218. The molecule has 4 atom stereocenters. The summed E-state index contributed by atoms with van der Waals surface area (Å²) in [5.41, 5.74) is 6.44. The summed E-state index contributed by atoms with van der Waals surface area (Å²) in [6.07, 6.45) is -1.72. The third-order valence-corrected chi connectivity index (χ3v) is 3.78. The van der Waals surface area contributed by atoms with E-state index in [2.05, 4.69) is 25.0 Å². The maximum atomic E-state index is 9.95. The number of hydrogen-bond acceptors (Lipinski definition) is 10. The third kappa shape index (κ3) is 3.32. The van der Waals surface area contributed by atoms with Crippen molar-refractivity contribution in [1.29, 1.82) is 0 Å². The highest BCUT2D eigenvalue weighted by Gasteiger charge is 2.43. The van der Waals surface area contributed by atoms with Crippen LogP contribution in [-0.2, 0) is 9.47 Å². The van der Waals surface area contributed by atoms with Crippen LogP contribution in [0.1, 0.15) is 6.23 Å². The van der Waals surface area contributed by atoms with E-state index in [-0.39, 0.29) is 11.9 Å². The second-order valence-corrected chi connectivity index (χ2v) is 5.37. The zero-order chi connectivity index (χ0) is 18.0. The Morgan fingerprint density at radius 1 is 1.32 bits per heavy atom. The largest absolute Gasteiger partial charge is 0.448 e. The van der Waals surface area contributed by atoms with Crippen molar-refractivity contribution in [3.05, 3.63) is 12.7 Å². The number of carbonyl (C=O) groups is 1. The number of carbonyl (C=O) groups excluding carboxylic acids is 1. The fourth-order valence-electron chi connectivity index (χ4n) is 2.51. The van der Waals surface area contributed by atoms with E-state index in [4.69, 9.17) is 15.6 Å². The van der Waals surface area contributed by atoms with Gasteiger partial charge in [-0.15, -0.1) is 0 Å². The second kappa shape index (κ2) is 7.14. The minimum Gasteiger partial charge on any atom is -0.448 e. The summed E-state index contributed by atoms with van der Waals surface area (Å²) in [5.74, 6) is 0.218. The molecular formula is C13H18N6O6. The maximum Gasteiger partial charge on any atom is 0.407 e. The molecule has 12 nitrogen and oxygen atoms in total. The Morgan fingerprint density at radius 2 is 2.12 bits per heavy atom. The van der Waals surface area contributed by atoms with Gasteiger partial charge in [0.15, 0.2) is 17.7 Å². The number of ether oxygens (including phenoxy) is 2. The van der Waals surface area contributed by atoms with Gasteiger partial charge < -0.3 is 35.8 Å². The van der Waals surface area contributed by atoms with Crippen LogP contribution in [0.2, 0.25) is 0 Å². The standard InChI is InChI=1S/C10H13N5O4.C3H5NO2/c11-8-5-9(13-2-12-8)15(3-14-5)10-7(18)6(17)4(1-16)19-10;5-3-4-1-2-6-3/h2-4,6-7,10,16-18H,1H2,(H2,11,12,13);1-2H2,(H,4,5)/t4-,6-,7-,10-;/m1./s1. The highest BCUT2D eigenvalue weighted by Crippen LogP contribution is 2.31. The van der Waals surface area contributed by atoms with Crippen molar-refractivity contribution >= 4 is 23.1 Å². The lowest BCUT2D eigenvalue weighted by Gasteiger charge is -2.16. The van der Waals surface area contributed by atoms with Gasteiger partial charge in [0, 0.05) is 0 Å². The molecule has 0 unspecified atom stereocenters. The fraction of sp³-hybridized carbons (Fsp3) is 0.538. The molecule has 4 heterocycles. The van der Waals surface area contributed by atoms with Gasteiger partial charge >= 0.3 is 6.09 Å². The average molecular weight is 354 g/mol. The maximum absolute atomic E-state index is 9.95. The Bertz CT molecular complexity index is 746. The van der Waals surface area contributed by atoms with Crippen LogP contribution in [0.3, 0.4) is 0 Å². The molecule has 0 aliphatic carbocycles. The van der Waals surface area contributed by atoms with Gasteiger partial charge in [0.1, 0.15) is 36.8 Å². The number of fused-ring (bicyclic) bond motifs is 1. The molecule has 2 aliphatic heterocycles. The first-order valence-electron chi connectivity index (χ1n) is 7.49. The lowest BCUT2D eigenvalue weighted by Crippen LogP contribution is -2.33. The molecule has 4 rings (SSSR count). The molecule has 0 bridgehead atoms. The molecule has 136 valence electrons. The van der Waals surface area contributed by atoms with Crippen molar-refractivity contribution in [2.75, 3.05) is 25.5 Å². The van der Waals surface area contributed by atoms with E-state index in [1.54, 1.807) is 0 Å². The molecule has 25 heavy (non-hydrogen) atoms. The number of nitrogen functional groups attached to an aromatic ring is 1. The van der Waals surface area contributed by atoms with Gasteiger partial charge in [0.2, 0.25) is 0 Å². The third-order valence-electron chi connectivity index (χ3n) is 3.78. The van der Waals surface area contributed by atoms with Gasteiger partial charge in [-0.3, -0.25) is 4.57 Å². The van der Waals surface area contributed by atoms with Crippen LogP contribution in [0.15, 0.2) is 12.7 Å². The smallest absolute Gasteiger partial charge is 0.407 e. The first-order chi connectivity index (χ1) is 12.0. The normalized spacial score (nSPS) is 28.4. The summed E-state index contributed by atoms with van der Waals surface area (Å²) in [4.78, 5) is 21.8. The lowest BCUT2D eigenvalue weighted by molar-refractivity contribution is -0.0511. The first kappa shape index (κ1) is 17.3. The highest BCUT2D eigenvalue weighted by molar-refractivity contribution is 5.81. The van der Waals surface area contributed by atoms with Crippen LogP contribution in [0.4, 0.5) is 10.6 Å². The summed E-state index contributed by atoms with van der Waals surface area (Å²) in [6.45, 7) is 0.802. The number of anilines is 1. The molecule has 2 saturated heterocycles. The minimum atomic E-state index is -1.19. The molecule has 12 heteroatoms. The number of alkyl carbamates (subject to hydrolysis) is 1. The van der Waals surface area contributed by atoms with Crippen molar-refractivity contribution in [3.8, 4) is 0 Å². The number of hydrogen-bond donors (Lipinski definition) is 5. The summed E-state index contributed by atoms with van der Waals surface area (Å²) < 4.78 is 11.3. The number of rotatable bonds is 2. The predicted molar refractivity (Wildman–Crippen MR) is 82.1 cm³/mol. The van der Waals surface area contributed by atoms with E-state index in [0.717, 1.165) is 0 Å². The van der Waals surface area contributed by atoms with Gasteiger partial charge in [-0.05, 0) is 0 Å². The molecule has 0 aromatic carbocycles. The predicted octanol–water partition coefficient (Wildman–Crippen LogP) is -2.25. The van der Waals surface area contributed by atoms with Crippen LogP contribution < -0.4 is 11.1 Å². The van der Waals surface area contributed by atoms with E-state index in [9.17, 15) is 15.0 Å². The fourth-order valence-corrected chi connectivity index (χ4v) is 2.51. The molecular weight excluding hydrogens is 336 g/mol. The Kier molecular flexibility index (Phi) is 4.94. The van der Waals surface area contributed by atoms with Gasteiger partial charge in [-0.2, -0.15) is 0 Å². The Balaban J connectivity index is 0.000000258. The average Bonchev–Trinajstić information content (AvgIpc) is 3.31. The highest BCUT2D eigenvalue weighted by atomic mass is 16.6. The van der Waals surface area contributed by atoms with E-state index in [0.29, 0.717) is 24.3 Å². The topological polar surface area (TPSA) is 178 Å². The van der Waals surface area contributed by atoms with Gasteiger partial charge in [-0.1, -0.05) is 0 Å². The number of aliphatic hydroxyl groups is 3. The van der Waals surface area contributed by atoms with E-state index >= 15 is 0 Å². The Labute approximate surface area is 141 Å². The van der Waals surface area contributed by atoms with Crippen molar-refractivity contribution in [3.63, 3.8) is 0 Å². The molecule has 2 fully saturated rings. The molecule has 2 aliphatic rings. The molecule has 2 aromatic heterocycles.